The van der Waals surface area contributed by atoms with Crippen molar-refractivity contribution in [3.05, 3.63) is 35.9 Å². The molecule has 0 aliphatic carbocycles. The lowest BCUT2D eigenvalue weighted by atomic mass is 10.1. The largest absolute Gasteiger partial charge is 0.467 e. The molecule has 0 aliphatic heterocycles. The minimum atomic E-state index is -0.769. The number of aromatic amines is 1. The molecule has 0 fully saturated rings. The Kier molecular flexibility index (Phi) is 2.59. The Balaban J connectivity index is 2.22. The van der Waals surface area contributed by atoms with Crippen LogP contribution in [0.3, 0.4) is 0 Å². The molecular weight excluding hydrogens is 196 g/mol. The van der Waals surface area contributed by atoms with Gasteiger partial charge in [-0.25, -0.2) is 9.97 Å². The van der Waals surface area contributed by atoms with Crippen LogP contribution in [-0.2, 0) is 0 Å². The molecule has 2 heterocycles. The van der Waals surface area contributed by atoms with Gasteiger partial charge in [-0.3, -0.25) is 5.10 Å². The number of ether oxygens (including phenoxy) is 1. The third-order valence-electron chi connectivity index (χ3n) is 1.98. The second-order valence-corrected chi connectivity index (χ2v) is 2.94. The maximum Gasteiger partial charge on any atom is 0.316 e. The zero-order valence-corrected chi connectivity index (χ0v) is 8.08. The molecule has 6 nitrogen and oxygen atoms in total. The van der Waals surface area contributed by atoms with Crippen molar-refractivity contribution >= 4 is 0 Å². The first kappa shape index (κ1) is 9.60. The van der Waals surface area contributed by atoms with E-state index in [0.717, 1.165) is 0 Å². The van der Waals surface area contributed by atoms with Crippen molar-refractivity contribution in [1.82, 2.24) is 20.2 Å². The third kappa shape index (κ3) is 1.94. The van der Waals surface area contributed by atoms with Crippen LogP contribution in [0.15, 0.2) is 24.8 Å². The SMILES string of the molecule is COc1ncc(C(O)c2cn[nH]c2)cn1. The molecule has 1 atom stereocenters. The smallest absolute Gasteiger partial charge is 0.316 e. The van der Waals surface area contributed by atoms with E-state index < -0.39 is 6.10 Å². The molecule has 0 bridgehead atoms. The number of nitrogens with one attached hydrogen (secondary N) is 1. The normalized spacial score (nSPS) is 12.4. The minimum absolute atomic E-state index is 0.276. The van der Waals surface area contributed by atoms with Gasteiger partial charge in [0.2, 0.25) is 0 Å². The van der Waals surface area contributed by atoms with Gasteiger partial charge in [-0.1, -0.05) is 0 Å². The molecule has 0 radical (unpaired) electrons. The molecule has 2 aromatic rings. The highest BCUT2D eigenvalue weighted by atomic mass is 16.5. The second-order valence-electron chi connectivity index (χ2n) is 2.94. The molecule has 2 aromatic heterocycles. The summed E-state index contributed by atoms with van der Waals surface area (Å²) in [6.07, 6.45) is 5.44. The van der Waals surface area contributed by atoms with E-state index in [2.05, 4.69) is 20.2 Å². The molecule has 78 valence electrons. The fraction of sp³-hybridized carbons (Fsp3) is 0.222. The van der Waals surface area contributed by atoms with E-state index >= 15 is 0 Å². The van der Waals surface area contributed by atoms with E-state index in [1.807, 2.05) is 0 Å². The van der Waals surface area contributed by atoms with Crippen LogP contribution in [0.25, 0.3) is 0 Å². The van der Waals surface area contributed by atoms with Crippen molar-refractivity contribution in [2.75, 3.05) is 7.11 Å². The number of aromatic nitrogens is 4. The fourth-order valence-corrected chi connectivity index (χ4v) is 1.18. The summed E-state index contributed by atoms with van der Waals surface area (Å²) >= 11 is 0. The van der Waals surface area contributed by atoms with Crippen molar-refractivity contribution < 1.29 is 9.84 Å². The van der Waals surface area contributed by atoms with Crippen LogP contribution < -0.4 is 4.74 Å². The molecule has 0 amide bonds. The summed E-state index contributed by atoms with van der Waals surface area (Å²) in [6, 6.07) is 0.276. The lowest BCUT2D eigenvalue weighted by Crippen LogP contribution is -2.01. The van der Waals surface area contributed by atoms with E-state index in [1.54, 1.807) is 12.4 Å². The molecule has 0 spiro atoms. The Morgan fingerprint density at radius 3 is 2.53 bits per heavy atom. The van der Waals surface area contributed by atoms with Crippen LogP contribution in [0.2, 0.25) is 0 Å². The number of nitrogens with zero attached hydrogens (tertiary/aromatic N) is 3. The number of aliphatic hydroxyl groups is 1. The Morgan fingerprint density at radius 1 is 1.27 bits per heavy atom. The Hall–Kier alpha value is -1.95. The van der Waals surface area contributed by atoms with Crippen LogP contribution in [0.4, 0.5) is 0 Å². The number of aliphatic hydroxyl groups excluding tert-OH is 1. The minimum Gasteiger partial charge on any atom is -0.467 e. The molecule has 0 saturated carbocycles. The lowest BCUT2D eigenvalue weighted by molar-refractivity contribution is 0.219. The fourth-order valence-electron chi connectivity index (χ4n) is 1.18. The van der Waals surface area contributed by atoms with Gasteiger partial charge in [0.15, 0.2) is 0 Å². The number of rotatable bonds is 3. The first-order valence-corrected chi connectivity index (χ1v) is 4.34. The van der Waals surface area contributed by atoms with Gasteiger partial charge in [-0.2, -0.15) is 5.10 Å². The summed E-state index contributed by atoms with van der Waals surface area (Å²) in [5.41, 5.74) is 1.26. The van der Waals surface area contributed by atoms with Crippen LogP contribution in [0, 0.1) is 0 Å². The van der Waals surface area contributed by atoms with Gasteiger partial charge in [0.25, 0.3) is 0 Å². The molecule has 15 heavy (non-hydrogen) atoms. The molecule has 2 rings (SSSR count). The highest BCUT2D eigenvalue weighted by molar-refractivity contribution is 5.22. The van der Waals surface area contributed by atoms with Gasteiger partial charge in [0.1, 0.15) is 6.10 Å². The Labute approximate surface area is 86.0 Å². The highest BCUT2D eigenvalue weighted by Gasteiger charge is 2.12. The zero-order valence-electron chi connectivity index (χ0n) is 8.08. The van der Waals surface area contributed by atoms with E-state index in [0.29, 0.717) is 11.1 Å². The standard InChI is InChI=1S/C9H10N4O2/c1-15-9-10-2-6(3-11-9)8(14)7-4-12-13-5-7/h2-5,8,14H,1H3,(H,12,13). The quantitative estimate of drug-likeness (QED) is 0.754. The Bertz CT molecular complexity index is 412. The van der Waals surface area contributed by atoms with Gasteiger partial charge in [0.05, 0.1) is 13.3 Å². The van der Waals surface area contributed by atoms with Crippen molar-refractivity contribution in [1.29, 1.82) is 0 Å². The lowest BCUT2D eigenvalue weighted by Gasteiger charge is -2.07. The molecular formula is C9H10N4O2. The van der Waals surface area contributed by atoms with Crippen molar-refractivity contribution in [3.63, 3.8) is 0 Å². The molecule has 0 aromatic carbocycles. The number of H-pyrrole nitrogens is 1. The summed E-state index contributed by atoms with van der Waals surface area (Å²) in [5, 5.41) is 16.2. The summed E-state index contributed by atoms with van der Waals surface area (Å²) in [5.74, 6) is 0. The van der Waals surface area contributed by atoms with Crippen LogP contribution in [-0.4, -0.2) is 32.4 Å². The van der Waals surface area contributed by atoms with Crippen molar-refractivity contribution in [2.45, 2.75) is 6.10 Å². The number of hydrogen-bond acceptors (Lipinski definition) is 5. The van der Waals surface area contributed by atoms with E-state index in [1.165, 1.54) is 19.5 Å². The van der Waals surface area contributed by atoms with Crippen LogP contribution in [0.1, 0.15) is 17.2 Å². The average Bonchev–Trinajstić information content (AvgIpc) is 2.82. The first-order chi connectivity index (χ1) is 7.31. The van der Waals surface area contributed by atoms with Crippen LogP contribution in [0.5, 0.6) is 6.01 Å². The average molecular weight is 206 g/mol. The molecule has 0 saturated heterocycles. The second kappa shape index (κ2) is 4.05. The van der Waals surface area contributed by atoms with E-state index in [9.17, 15) is 5.11 Å². The Morgan fingerprint density at radius 2 is 2.00 bits per heavy atom. The van der Waals surface area contributed by atoms with Gasteiger partial charge >= 0.3 is 6.01 Å². The zero-order chi connectivity index (χ0) is 10.7. The maximum atomic E-state index is 9.86. The van der Waals surface area contributed by atoms with E-state index in [-0.39, 0.29) is 6.01 Å². The maximum absolute atomic E-state index is 9.86. The summed E-state index contributed by atoms with van der Waals surface area (Å²) < 4.78 is 4.82. The molecule has 0 aliphatic rings. The monoisotopic (exact) mass is 206 g/mol. The van der Waals surface area contributed by atoms with Gasteiger partial charge in [0, 0.05) is 29.7 Å². The van der Waals surface area contributed by atoms with Crippen LogP contribution >= 0.6 is 0 Å². The highest BCUT2D eigenvalue weighted by Crippen LogP contribution is 2.19. The topological polar surface area (TPSA) is 83.9 Å². The van der Waals surface area contributed by atoms with Gasteiger partial charge in [-0.05, 0) is 0 Å². The predicted octanol–water partition coefficient (Wildman–Crippen LogP) is 0.290. The van der Waals surface area contributed by atoms with Gasteiger partial charge < -0.3 is 9.84 Å². The molecule has 6 heteroatoms. The molecule has 1 unspecified atom stereocenters. The summed E-state index contributed by atoms with van der Waals surface area (Å²) in [7, 11) is 1.49. The summed E-state index contributed by atoms with van der Waals surface area (Å²) in [6.45, 7) is 0. The number of methoxy groups -OCH3 is 1. The van der Waals surface area contributed by atoms with Gasteiger partial charge in [-0.15, -0.1) is 0 Å². The third-order valence-corrected chi connectivity index (χ3v) is 1.98. The predicted molar refractivity (Wildman–Crippen MR) is 51.2 cm³/mol. The first-order valence-electron chi connectivity index (χ1n) is 4.34. The van der Waals surface area contributed by atoms with Crippen molar-refractivity contribution in [3.8, 4) is 6.01 Å². The number of hydrogen-bond donors (Lipinski definition) is 2. The van der Waals surface area contributed by atoms with Crippen molar-refractivity contribution in [2.24, 2.45) is 0 Å². The molecule has 2 N–H and O–H groups in total. The summed E-state index contributed by atoms with van der Waals surface area (Å²) in [4.78, 5) is 7.81. The van der Waals surface area contributed by atoms with E-state index in [4.69, 9.17) is 4.74 Å².